The Morgan fingerprint density at radius 2 is 1.72 bits per heavy atom. The van der Waals surface area contributed by atoms with Crippen LogP contribution in [0.2, 0.25) is 0 Å². The SMILES string of the molecule is Cc1ccc([C@@H](NC(=O)[C@@H](C)NS(=O)(=O)c2ccccc2F)c2cccs2)cc1. The van der Waals surface area contributed by atoms with Gasteiger partial charge in [0.05, 0.1) is 12.1 Å². The Bertz CT molecular complexity index is 1080. The van der Waals surface area contributed by atoms with Crippen molar-refractivity contribution < 1.29 is 17.6 Å². The summed E-state index contributed by atoms with van der Waals surface area (Å²) in [6.07, 6.45) is 0. The summed E-state index contributed by atoms with van der Waals surface area (Å²) in [6, 6.07) is 15.1. The number of hydrogen-bond acceptors (Lipinski definition) is 4. The predicted molar refractivity (Wildman–Crippen MR) is 112 cm³/mol. The molecule has 0 unspecified atom stereocenters. The van der Waals surface area contributed by atoms with E-state index in [-0.39, 0.29) is 0 Å². The van der Waals surface area contributed by atoms with Crippen LogP contribution in [0.3, 0.4) is 0 Å². The molecule has 8 heteroatoms. The molecule has 0 fully saturated rings. The van der Waals surface area contributed by atoms with Crippen molar-refractivity contribution in [2.45, 2.75) is 30.8 Å². The van der Waals surface area contributed by atoms with E-state index in [0.717, 1.165) is 28.1 Å². The molecule has 0 bridgehead atoms. The van der Waals surface area contributed by atoms with E-state index in [2.05, 4.69) is 10.0 Å². The Kier molecular flexibility index (Phi) is 6.46. The Balaban J connectivity index is 1.79. The molecule has 3 aromatic rings. The molecule has 5 nitrogen and oxygen atoms in total. The molecule has 2 atom stereocenters. The largest absolute Gasteiger partial charge is 0.343 e. The fourth-order valence-electron chi connectivity index (χ4n) is 2.81. The van der Waals surface area contributed by atoms with Crippen LogP contribution in [0.15, 0.2) is 70.9 Å². The van der Waals surface area contributed by atoms with Gasteiger partial charge in [-0.1, -0.05) is 48.0 Å². The maximum absolute atomic E-state index is 13.9. The number of nitrogens with one attached hydrogen (secondary N) is 2. The normalized spacial score (nSPS) is 13.6. The molecule has 1 heterocycles. The van der Waals surface area contributed by atoms with Crippen molar-refractivity contribution in [2.24, 2.45) is 0 Å². The average molecular weight is 433 g/mol. The van der Waals surface area contributed by atoms with Crippen LogP contribution in [0.5, 0.6) is 0 Å². The van der Waals surface area contributed by atoms with E-state index < -0.39 is 38.7 Å². The summed E-state index contributed by atoms with van der Waals surface area (Å²) in [5.74, 6) is -1.38. The van der Waals surface area contributed by atoms with Gasteiger partial charge in [0, 0.05) is 4.88 Å². The lowest BCUT2D eigenvalue weighted by molar-refractivity contribution is -0.122. The number of benzene rings is 2. The molecule has 2 aromatic carbocycles. The van der Waals surface area contributed by atoms with Crippen molar-refractivity contribution in [1.29, 1.82) is 0 Å². The highest BCUT2D eigenvalue weighted by Gasteiger charge is 2.27. The second-order valence-corrected chi connectivity index (χ2v) is 9.30. The third-order valence-electron chi connectivity index (χ3n) is 4.38. The lowest BCUT2D eigenvalue weighted by Gasteiger charge is -2.21. The van der Waals surface area contributed by atoms with Gasteiger partial charge >= 0.3 is 0 Å². The van der Waals surface area contributed by atoms with E-state index in [1.54, 1.807) is 0 Å². The molecule has 152 valence electrons. The van der Waals surface area contributed by atoms with E-state index in [1.165, 1.54) is 30.4 Å². The Hall–Kier alpha value is -2.55. The fourth-order valence-corrected chi connectivity index (χ4v) is 4.90. The first-order chi connectivity index (χ1) is 13.8. The van der Waals surface area contributed by atoms with Crippen LogP contribution in [0.4, 0.5) is 4.39 Å². The van der Waals surface area contributed by atoms with Gasteiger partial charge < -0.3 is 5.32 Å². The molecular weight excluding hydrogens is 411 g/mol. The number of amides is 1. The van der Waals surface area contributed by atoms with Gasteiger partial charge in [0.25, 0.3) is 0 Å². The Morgan fingerprint density at radius 3 is 2.34 bits per heavy atom. The highest BCUT2D eigenvalue weighted by Crippen LogP contribution is 2.26. The number of carbonyl (C=O) groups excluding carboxylic acids is 1. The maximum Gasteiger partial charge on any atom is 0.244 e. The molecule has 0 aliphatic carbocycles. The summed E-state index contributed by atoms with van der Waals surface area (Å²) in [5, 5.41) is 4.80. The molecule has 0 aliphatic rings. The van der Waals surface area contributed by atoms with Crippen molar-refractivity contribution in [3.05, 3.63) is 87.9 Å². The molecule has 0 radical (unpaired) electrons. The molecule has 1 amide bonds. The summed E-state index contributed by atoms with van der Waals surface area (Å²) in [7, 11) is -4.18. The molecule has 3 rings (SSSR count). The van der Waals surface area contributed by atoms with Gasteiger partial charge in [0.15, 0.2) is 0 Å². The van der Waals surface area contributed by atoms with Crippen molar-refractivity contribution in [3.63, 3.8) is 0 Å². The fraction of sp³-hybridized carbons (Fsp3) is 0.190. The first kappa shape index (κ1) is 21.2. The third-order valence-corrected chi connectivity index (χ3v) is 6.89. The third kappa shape index (κ3) is 5.09. The highest BCUT2D eigenvalue weighted by molar-refractivity contribution is 7.89. The molecule has 1 aromatic heterocycles. The smallest absolute Gasteiger partial charge is 0.244 e. The molecular formula is C21H21FN2O3S2. The second kappa shape index (κ2) is 8.86. The lowest BCUT2D eigenvalue weighted by atomic mass is 10.0. The zero-order valence-electron chi connectivity index (χ0n) is 15.9. The maximum atomic E-state index is 13.9. The van der Waals surface area contributed by atoms with Crippen molar-refractivity contribution >= 4 is 27.3 Å². The Morgan fingerprint density at radius 1 is 1.03 bits per heavy atom. The first-order valence-electron chi connectivity index (χ1n) is 8.95. The van der Waals surface area contributed by atoms with Crippen LogP contribution in [0.1, 0.15) is 29.0 Å². The van der Waals surface area contributed by atoms with Crippen LogP contribution >= 0.6 is 11.3 Å². The number of aryl methyl sites for hydroxylation is 1. The van der Waals surface area contributed by atoms with E-state index in [4.69, 9.17) is 0 Å². The molecule has 0 aliphatic heterocycles. The van der Waals surface area contributed by atoms with Crippen LogP contribution in [-0.4, -0.2) is 20.4 Å². The van der Waals surface area contributed by atoms with Crippen molar-refractivity contribution in [1.82, 2.24) is 10.0 Å². The highest BCUT2D eigenvalue weighted by atomic mass is 32.2. The van der Waals surface area contributed by atoms with Crippen molar-refractivity contribution in [3.8, 4) is 0 Å². The summed E-state index contributed by atoms with van der Waals surface area (Å²) in [4.78, 5) is 13.2. The number of rotatable bonds is 7. The van der Waals surface area contributed by atoms with E-state index >= 15 is 0 Å². The number of thiophene rings is 1. The molecule has 2 N–H and O–H groups in total. The molecule has 0 spiro atoms. The number of sulfonamides is 1. The molecule has 29 heavy (non-hydrogen) atoms. The first-order valence-corrected chi connectivity index (χ1v) is 11.3. The zero-order chi connectivity index (χ0) is 21.0. The second-order valence-electron chi connectivity index (χ2n) is 6.64. The quantitative estimate of drug-likeness (QED) is 0.597. The standard InChI is InChI=1S/C21H21FN2O3S2/c1-14-9-11-16(12-10-14)20(18-7-5-13-28-18)23-21(25)15(2)24-29(26,27)19-8-4-3-6-17(19)22/h3-13,15,20,24H,1-2H3,(H,23,25)/t15-,20-/m1/s1. The minimum Gasteiger partial charge on any atom is -0.343 e. The minimum atomic E-state index is -4.18. The topological polar surface area (TPSA) is 75.3 Å². The number of hydrogen-bond donors (Lipinski definition) is 2. The number of carbonyl (C=O) groups is 1. The lowest BCUT2D eigenvalue weighted by Crippen LogP contribution is -2.46. The van der Waals surface area contributed by atoms with Gasteiger partial charge in [-0.15, -0.1) is 11.3 Å². The van der Waals surface area contributed by atoms with E-state index in [9.17, 15) is 17.6 Å². The van der Waals surface area contributed by atoms with Gasteiger partial charge in [0.1, 0.15) is 10.7 Å². The van der Waals surface area contributed by atoms with E-state index in [1.807, 2.05) is 48.7 Å². The average Bonchev–Trinajstić information content (AvgIpc) is 3.21. The zero-order valence-corrected chi connectivity index (χ0v) is 17.6. The van der Waals surface area contributed by atoms with Crippen LogP contribution < -0.4 is 10.0 Å². The van der Waals surface area contributed by atoms with Crippen LogP contribution in [0.25, 0.3) is 0 Å². The van der Waals surface area contributed by atoms with Gasteiger partial charge in [0.2, 0.25) is 15.9 Å². The van der Waals surface area contributed by atoms with Gasteiger partial charge in [-0.3, -0.25) is 4.79 Å². The Labute approximate surface area is 173 Å². The summed E-state index contributed by atoms with van der Waals surface area (Å²) < 4.78 is 41.0. The van der Waals surface area contributed by atoms with E-state index in [0.29, 0.717) is 0 Å². The van der Waals surface area contributed by atoms with Gasteiger partial charge in [-0.25, -0.2) is 12.8 Å². The number of halogens is 1. The molecule has 0 saturated heterocycles. The van der Waals surface area contributed by atoms with Crippen molar-refractivity contribution in [2.75, 3.05) is 0 Å². The predicted octanol–water partition coefficient (Wildman–Crippen LogP) is 3.77. The minimum absolute atomic E-state index is 0.413. The monoisotopic (exact) mass is 432 g/mol. The summed E-state index contributed by atoms with van der Waals surface area (Å²) in [5.41, 5.74) is 1.98. The van der Waals surface area contributed by atoms with Gasteiger partial charge in [-0.05, 0) is 43.0 Å². The van der Waals surface area contributed by atoms with Gasteiger partial charge in [-0.2, -0.15) is 4.72 Å². The summed E-state index contributed by atoms with van der Waals surface area (Å²) in [6.45, 7) is 3.40. The van der Waals surface area contributed by atoms with Crippen LogP contribution in [0, 0.1) is 12.7 Å². The molecule has 0 saturated carbocycles. The summed E-state index contributed by atoms with van der Waals surface area (Å²) >= 11 is 1.49. The van der Waals surface area contributed by atoms with Crippen LogP contribution in [-0.2, 0) is 14.8 Å².